The van der Waals surface area contributed by atoms with Crippen LogP contribution in [0.25, 0.3) is 0 Å². The van der Waals surface area contributed by atoms with E-state index in [4.69, 9.17) is 36.0 Å². The normalized spacial score (nSPS) is 19.8. The molecule has 14 heteroatoms. The van der Waals surface area contributed by atoms with Crippen LogP contribution in [0.15, 0.2) is 107 Å². The third-order valence-corrected chi connectivity index (χ3v) is 14.7. The van der Waals surface area contributed by atoms with Gasteiger partial charge in [-0.1, -0.05) is 140 Å². The molecule has 0 bridgehead atoms. The van der Waals surface area contributed by atoms with Gasteiger partial charge in [0.15, 0.2) is 0 Å². The molecule has 0 amide bonds. The van der Waals surface area contributed by atoms with Crippen molar-refractivity contribution in [2.45, 2.75) is 91.6 Å². The number of rotatable bonds is 10. The summed E-state index contributed by atoms with van der Waals surface area (Å²) in [4.78, 5) is 30.9. The third kappa shape index (κ3) is 10.4. The maximum Gasteiger partial charge on any atom is 0.290 e. The fourth-order valence-electron chi connectivity index (χ4n) is 8.70. The predicted octanol–water partition coefficient (Wildman–Crippen LogP) is 11.7. The van der Waals surface area contributed by atoms with Crippen LogP contribution in [0.4, 0.5) is 11.4 Å². The van der Waals surface area contributed by atoms with Crippen molar-refractivity contribution in [1.82, 2.24) is 14.7 Å². The van der Waals surface area contributed by atoms with Crippen molar-refractivity contribution in [3.05, 3.63) is 139 Å². The van der Waals surface area contributed by atoms with Gasteiger partial charge >= 0.3 is 0 Å². The lowest BCUT2D eigenvalue weighted by atomic mass is 9.79. The molecule has 0 N–H and O–H groups in total. The summed E-state index contributed by atoms with van der Waals surface area (Å²) >= 11 is 20.9. The summed E-state index contributed by atoms with van der Waals surface area (Å²) in [6.45, 7) is 3.51. The van der Waals surface area contributed by atoms with Gasteiger partial charge in [-0.05, 0) is 85.0 Å². The first kappa shape index (κ1) is 41.6. The molecule has 2 saturated carbocycles. The molecule has 3 fully saturated rings. The Bertz CT molecular complexity index is 2050. The standard InChI is InChI=1S/C43H46ClN5O4S4/c44-34-18-21-38(22-19-34)56-42(54)46-26-24-45(25-27-46)41(31-8-3-1-4-9-31)32-16-14-30(15-17-32)33-10-7-13-36(28-33)47(35-11-5-2-6-12-35)43(55)57-40-23-20-37(48(50)51)29-39(40)49(52)53/h1,3-4,8-9,14-23,29,33,35-36,41H,2,5-7,10-13,24-28H2. The van der Waals surface area contributed by atoms with Crippen molar-refractivity contribution in [3.63, 3.8) is 0 Å². The van der Waals surface area contributed by atoms with E-state index in [-0.39, 0.29) is 29.5 Å². The average molecular weight is 861 g/mol. The van der Waals surface area contributed by atoms with Crippen molar-refractivity contribution in [3.8, 4) is 0 Å². The number of nitro groups is 2. The number of non-ortho nitro benzene ring substituents is 1. The van der Waals surface area contributed by atoms with Gasteiger partial charge in [0.25, 0.3) is 11.4 Å². The number of thiocarbonyl (C=S) groups is 2. The maximum absolute atomic E-state index is 12.0. The van der Waals surface area contributed by atoms with Gasteiger partial charge in [0.05, 0.1) is 26.9 Å². The molecule has 57 heavy (non-hydrogen) atoms. The molecule has 1 heterocycles. The highest BCUT2D eigenvalue weighted by Gasteiger charge is 2.35. The topological polar surface area (TPSA) is 96.0 Å². The fourth-order valence-corrected chi connectivity index (χ4v) is 11.6. The Hall–Kier alpha value is -3.59. The van der Waals surface area contributed by atoms with Gasteiger partial charge in [0, 0.05) is 54.2 Å². The van der Waals surface area contributed by atoms with E-state index in [2.05, 4.69) is 69.3 Å². The Kier molecular flexibility index (Phi) is 14.2. The molecule has 4 aromatic rings. The number of hydrogen-bond donors (Lipinski definition) is 0. The number of nitro benzene ring substituents is 2. The van der Waals surface area contributed by atoms with Crippen molar-refractivity contribution >= 4 is 79.6 Å². The third-order valence-electron chi connectivity index (χ3n) is 11.6. The van der Waals surface area contributed by atoms with E-state index in [1.54, 1.807) is 11.8 Å². The molecule has 1 saturated heterocycles. The van der Waals surface area contributed by atoms with E-state index in [0.29, 0.717) is 15.1 Å². The first-order valence-electron chi connectivity index (χ1n) is 19.7. The van der Waals surface area contributed by atoms with E-state index in [1.807, 2.05) is 24.3 Å². The minimum absolute atomic E-state index is 0.124. The first-order chi connectivity index (χ1) is 27.6. The summed E-state index contributed by atoms with van der Waals surface area (Å²) in [7, 11) is 0. The lowest BCUT2D eigenvalue weighted by Gasteiger charge is -2.44. The van der Waals surface area contributed by atoms with Crippen molar-refractivity contribution < 1.29 is 9.85 Å². The zero-order valence-corrected chi connectivity index (χ0v) is 35.6. The molecule has 4 aromatic carbocycles. The van der Waals surface area contributed by atoms with Crippen LogP contribution in [-0.2, 0) is 0 Å². The lowest BCUT2D eigenvalue weighted by Crippen LogP contribution is -2.48. The molecule has 3 aliphatic rings. The number of thioether (sulfide) groups is 2. The van der Waals surface area contributed by atoms with Crippen LogP contribution >= 0.6 is 59.6 Å². The summed E-state index contributed by atoms with van der Waals surface area (Å²) in [5.41, 5.74) is 3.30. The smallest absolute Gasteiger partial charge is 0.290 e. The lowest BCUT2D eigenvalue weighted by molar-refractivity contribution is -0.396. The summed E-state index contributed by atoms with van der Waals surface area (Å²) < 4.78 is 1.51. The van der Waals surface area contributed by atoms with Crippen LogP contribution in [0, 0.1) is 20.2 Å². The van der Waals surface area contributed by atoms with Crippen LogP contribution in [0.1, 0.15) is 86.4 Å². The Morgan fingerprint density at radius 1 is 0.737 bits per heavy atom. The highest BCUT2D eigenvalue weighted by atomic mass is 35.5. The highest BCUT2D eigenvalue weighted by molar-refractivity contribution is 8.23. The highest BCUT2D eigenvalue weighted by Crippen LogP contribution is 2.42. The molecule has 1 aliphatic heterocycles. The zero-order chi connectivity index (χ0) is 39.9. The molecule has 9 nitrogen and oxygen atoms in total. The van der Waals surface area contributed by atoms with Gasteiger partial charge in [0.2, 0.25) is 0 Å². The number of benzene rings is 4. The van der Waals surface area contributed by atoms with E-state index in [1.165, 1.54) is 47.0 Å². The molecule has 0 aromatic heterocycles. The molecule has 3 unspecified atom stereocenters. The molecular weight excluding hydrogens is 814 g/mol. The monoisotopic (exact) mass is 859 g/mol. The molecule has 3 atom stereocenters. The molecule has 0 spiro atoms. The second kappa shape index (κ2) is 19.4. The van der Waals surface area contributed by atoms with Gasteiger partial charge in [-0.3, -0.25) is 25.1 Å². The Balaban J connectivity index is 1.06. The predicted molar refractivity (Wildman–Crippen MR) is 240 cm³/mol. The Morgan fingerprint density at radius 2 is 1.40 bits per heavy atom. The number of piperazine rings is 1. The summed E-state index contributed by atoms with van der Waals surface area (Å²) in [6, 6.07) is 32.3. The number of halogens is 1. The average Bonchev–Trinajstić information content (AvgIpc) is 3.23. The van der Waals surface area contributed by atoms with Crippen molar-refractivity contribution in [2.24, 2.45) is 0 Å². The van der Waals surface area contributed by atoms with E-state index in [0.717, 1.165) is 97.9 Å². The van der Waals surface area contributed by atoms with Crippen LogP contribution in [0.3, 0.4) is 0 Å². The zero-order valence-electron chi connectivity index (χ0n) is 31.6. The molecule has 7 rings (SSSR count). The first-order valence-corrected chi connectivity index (χ1v) is 22.5. The number of nitrogens with zero attached hydrogens (tertiary/aromatic N) is 5. The Morgan fingerprint density at radius 3 is 2.07 bits per heavy atom. The van der Waals surface area contributed by atoms with Gasteiger partial charge in [-0.25, -0.2) is 0 Å². The second-order valence-corrected chi connectivity index (χ2v) is 18.9. The maximum atomic E-state index is 12.0. The summed E-state index contributed by atoms with van der Waals surface area (Å²) in [5.74, 6) is 0.364. The van der Waals surface area contributed by atoms with E-state index < -0.39 is 9.85 Å². The quantitative estimate of drug-likeness (QED) is 0.0660. The van der Waals surface area contributed by atoms with Gasteiger partial charge in [0.1, 0.15) is 8.64 Å². The SMILES string of the molecule is O=[N+]([O-])c1ccc(SC(=S)N(C2CCCCC2)C2CCCC(c3ccc(C(c4ccccc4)N4CCN(C(=S)Sc5ccc(Cl)cc5)CC4)cc3)C2)c([N+](=O)[O-])c1. The molecule has 298 valence electrons. The molecular formula is C43H46ClN5O4S4. The largest absolute Gasteiger partial charge is 0.355 e. The molecule has 2 aliphatic carbocycles. The van der Waals surface area contributed by atoms with Gasteiger partial charge in [-0.2, -0.15) is 0 Å². The molecule has 0 radical (unpaired) electrons. The minimum atomic E-state index is -0.604. The minimum Gasteiger partial charge on any atom is -0.355 e. The van der Waals surface area contributed by atoms with E-state index in [9.17, 15) is 20.2 Å². The van der Waals surface area contributed by atoms with Gasteiger partial charge < -0.3 is 9.80 Å². The number of hydrogen-bond acceptors (Lipinski definition) is 9. The van der Waals surface area contributed by atoms with Crippen molar-refractivity contribution in [2.75, 3.05) is 26.2 Å². The fraction of sp³-hybridized carbons (Fsp3) is 0.395. The van der Waals surface area contributed by atoms with Crippen LogP contribution in [0.2, 0.25) is 5.02 Å². The summed E-state index contributed by atoms with van der Waals surface area (Å²) in [5, 5.41) is 24.1. The van der Waals surface area contributed by atoms with Crippen LogP contribution in [-0.4, -0.2) is 71.5 Å². The Labute approximate surface area is 358 Å². The van der Waals surface area contributed by atoms with Crippen LogP contribution < -0.4 is 0 Å². The second-order valence-electron chi connectivity index (χ2n) is 15.1. The van der Waals surface area contributed by atoms with E-state index >= 15 is 0 Å². The van der Waals surface area contributed by atoms with Gasteiger partial charge in [-0.15, -0.1) is 0 Å². The summed E-state index contributed by atoms with van der Waals surface area (Å²) in [6.07, 6.45) is 9.69. The van der Waals surface area contributed by atoms with Crippen molar-refractivity contribution in [1.29, 1.82) is 0 Å². The van der Waals surface area contributed by atoms with Crippen LogP contribution in [0.5, 0.6) is 0 Å².